The molecule has 2 amide bonds. The summed E-state index contributed by atoms with van der Waals surface area (Å²) in [5.74, 6) is 0.182. The standard InChI is InChI=1S/C22H33N3O2/c1-2-20(26)24-19-10-8-18(9-11-19)22(12-4-3-5-13-22)21(27)23-14-17-25-15-6-7-16-25/h8-11H,2-7,12-17H2,1H3,(H,23,27)(H,24,26). The molecule has 1 saturated carbocycles. The number of amides is 2. The Morgan fingerprint density at radius 2 is 1.67 bits per heavy atom. The predicted molar refractivity (Wildman–Crippen MR) is 109 cm³/mol. The summed E-state index contributed by atoms with van der Waals surface area (Å²) in [5, 5.41) is 6.11. The predicted octanol–water partition coefficient (Wildman–Crippen LogP) is 3.45. The molecule has 3 rings (SSSR count). The van der Waals surface area contributed by atoms with Crippen molar-refractivity contribution in [2.24, 2.45) is 0 Å². The monoisotopic (exact) mass is 371 g/mol. The first-order chi connectivity index (χ1) is 13.1. The van der Waals surface area contributed by atoms with E-state index in [1.165, 1.54) is 19.3 Å². The molecular weight excluding hydrogens is 338 g/mol. The smallest absolute Gasteiger partial charge is 0.230 e. The van der Waals surface area contributed by atoms with Crippen molar-refractivity contribution in [2.75, 3.05) is 31.5 Å². The quantitative estimate of drug-likeness (QED) is 0.772. The van der Waals surface area contributed by atoms with Crippen molar-refractivity contribution < 1.29 is 9.59 Å². The van der Waals surface area contributed by atoms with E-state index < -0.39 is 5.41 Å². The summed E-state index contributed by atoms with van der Waals surface area (Å²) in [5.41, 5.74) is 1.46. The Hall–Kier alpha value is -1.88. The lowest BCUT2D eigenvalue weighted by Gasteiger charge is -2.36. The molecule has 5 nitrogen and oxygen atoms in total. The lowest BCUT2D eigenvalue weighted by molar-refractivity contribution is -0.128. The summed E-state index contributed by atoms with van der Waals surface area (Å²) < 4.78 is 0. The van der Waals surface area contributed by atoms with Gasteiger partial charge in [0, 0.05) is 25.2 Å². The maximum absolute atomic E-state index is 13.2. The fraction of sp³-hybridized carbons (Fsp3) is 0.636. The second-order valence-electron chi connectivity index (χ2n) is 7.93. The van der Waals surface area contributed by atoms with Gasteiger partial charge in [-0.15, -0.1) is 0 Å². The molecule has 1 aromatic carbocycles. The number of anilines is 1. The van der Waals surface area contributed by atoms with Gasteiger partial charge in [-0.25, -0.2) is 0 Å². The number of hydrogen-bond donors (Lipinski definition) is 2. The van der Waals surface area contributed by atoms with Gasteiger partial charge in [-0.1, -0.05) is 38.3 Å². The van der Waals surface area contributed by atoms with Gasteiger partial charge in [0.25, 0.3) is 0 Å². The van der Waals surface area contributed by atoms with E-state index in [0.29, 0.717) is 6.42 Å². The van der Waals surface area contributed by atoms with Crippen LogP contribution in [-0.2, 0) is 15.0 Å². The number of carbonyl (C=O) groups excluding carboxylic acids is 2. The van der Waals surface area contributed by atoms with Crippen LogP contribution in [0.1, 0.15) is 63.9 Å². The number of hydrogen-bond acceptors (Lipinski definition) is 3. The van der Waals surface area contributed by atoms with Crippen molar-refractivity contribution in [3.63, 3.8) is 0 Å². The Kier molecular flexibility index (Phi) is 6.89. The van der Waals surface area contributed by atoms with Crippen LogP contribution in [0.3, 0.4) is 0 Å². The van der Waals surface area contributed by atoms with Crippen LogP contribution in [0.25, 0.3) is 0 Å². The van der Waals surface area contributed by atoms with Crippen molar-refractivity contribution in [1.82, 2.24) is 10.2 Å². The van der Waals surface area contributed by atoms with E-state index in [1.807, 2.05) is 31.2 Å². The fourth-order valence-electron chi connectivity index (χ4n) is 4.43. The highest BCUT2D eigenvalue weighted by Crippen LogP contribution is 2.40. The van der Waals surface area contributed by atoms with E-state index in [0.717, 1.165) is 63.1 Å². The van der Waals surface area contributed by atoms with Gasteiger partial charge in [0.05, 0.1) is 5.41 Å². The van der Waals surface area contributed by atoms with E-state index in [-0.39, 0.29) is 11.8 Å². The van der Waals surface area contributed by atoms with Gasteiger partial charge in [0.2, 0.25) is 11.8 Å². The summed E-state index contributed by atoms with van der Waals surface area (Å²) in [6.07, 6.45) is 8.21. The number of likely N-dealkylation sites (tertiary alicyclic amines) is 1. The molecular formula is C22H33N3O2. The van der Waals surface area contributed by atoms with Crippen molar-refractivity contribution in [3.8, 4) is 0 Å². The Morgan fingerprint density at radius 1 is 1.00 bits per heavy atom. The zero-order chi connectivity index (χ0) is 19.1. The molecule has 0 aromatic heterocycles. The number of benzene rings is 1. The first-order valence-electron chi connectivity index (χ1n) is 10.5. The summed E-state index contributed by atoms with van der Waals surface area (Å²) >= 11 is 0. The van der Waals surface area contributed by atoms with Gasteiger partial charge in [0.1, 0.15) is 0 Å². The van der Waals surface area contributed by atoms with Crippen LogP contribution in [0.2, 0.25) is 0 Å². The Morgan fingerprint density at radius 3 is 2.30 bits per heavy atom. The van der Waals surface area contributed by atoms with Crippen LogP contribution in [0.15, 0.2) is 24.3 Å². The number of rotatable bonds is 7. The van der Waals surface area contributed by atoms with Gasteiger partial charge < -0.3 is 15.5 Å². The van der Waals surface area contributed by atoms with Gasteiger partial charge in [-0.2, -0.15) is 0 Å². The zero-order valence-corrected chi connectivity index (χ0v) is 16.6. The normalized spacial score (nSPS) is 19.6. The van der Waals surface area contributed by atoms with E-state index in [2.05, 4.69) is 15.5 Å². The summed E-state index contributed by atoms with van der Waals surface area (Å²) in [6, 6.07) is 7.90. The van der Waals surface area contributed by atoms with Gasteiger partial charge >= 0.3 is 0 Å². The highest BCUT2D eigenvalue weighted by Gasteiger charge is 2.40. The molecule has 2 fully saturated rings. The average molecular weight is 372 g/mol. The molecule has 1 heterocycles. The van der Waals surface area contributed by atoms with Crippen LogP contribution < -0.4 is 10.6 Å². The third kappa shape index (κ3) is 4.89. The molecule has 0 bridgehead atoms. The van der Waals surface area contributed by atoms with Crippen molar-refractivity contribution in [3.05, 3.63) is 29.8 Å². The molecule has 1 saturated heterocycles. The third-order valence-electron chi connectivity index (χ3n) is 6.10. The van der Waals surface area contributed by atoms with E-state index in [1.54, 1.807) is 0 Å². The van der Waals surface area contributed by atoms with Gasteiger partial charge in [-0.3, -0.25) is 9.59 Å². The summed E-state index contributed by atoms with van der Waals surface area (Å²) in [4.78, 5) is 27.2. The van der Waals surface area contributed by atoms with Crippen LogP contribution in [-0.4, -0.2) is 42.9 Å². The molecule has 5 heteroatoms. The number of nitrogens with zero attached hydrogens (tertiary/aromatic N) is 1. The molecule has 0 spiro atoms. The maximum atomic E-state index is 13.2. The largest absolute Gasteiger partial charge is 0.354 e. The van der Waals surface area contributed by atoms with Crippen LogP contribution in [0.5, 0.6) is 0 Å². The summed E-state index contributed by atoms with van der Waals surface area (Å²) in [7, 11) is 0. The van der Waals surface area contributed by atoms with Crippen molar-refractivity contribution in [1.29, 1.82) is 0 Å². The second kappa shape index (κ2) is 9.36. The minimum atomic E-state index is -0.420. The fourth-order valence-corrected chi connectivity index (χ4v) is 4.43. The second-order valence-corrected chi connectivity index (χ2v) is 7.93. The molecule has 27 heavy (non-hydrogen) atoms. The molecule has 148 valence electrons. The highest BCUT2D eigenvalue weighted by atomic mass is 16.2. The first kappa shape index (κ1) is 19.9. The van der Waals surface area contributed by atoms with Crippen molar-refractivity contribution in [2.45, 2.75) is 63.7 Å². The Labute approximate surface area is 162 Å². The Bertz CT molecular complexity index is 629. The minimum Gasteiger partial charge on any atom is -0.354 e. The molecule has 0 radical (unpaired) electrons. The highest BCUT2D eigenvalue weighted by molar-refractivity contribution is 5.91. The van der Waals surface area contributed by atoms with E-state index in [9.17, 15) is 9.59 Å². The number of nitrogens with one attached hydrogen (secondary N) is 2. The minimum absolute atomic E-state index is 0.00906. The molecule has 2 N–H and O–H groups in total. The lowest BCUT2D eigenvalue weighted by atomic mass is 9.68. The van der Waals surface area contributed by atoms with Gasteiger partial charge in [0.15, 0.2) is 0 Å². The molecule has 1 aliphatic carbocycles. The zero-order valence-electron chi connectivity index (χ0n) is 16.6. The van der Waals surface area contributed by atoms with Crippen LogP contribution in [0.4, 0.5) is 5.69 Å². The average Bonchev–Trinajstić information content (AvgIpc) is 3.22. The molecule has 0 unspecified atom stereocenters. The molecule has 0 atom stereocenters. The molecule has 1 aromatic rings. The van der Waals surface area contributed by atoms with Crippen molar-refractivity contribution >= 4 is 17.5 Å². The molecule has 2 aliphatic rings. The third-order valence-corrected chi connectivity index (χ3v) is 6.10. The summed E-state index contributed by atoms with van der Waals surface area (Å²) in [6.45, 7) is 5.83. The number of carbonyl (C=O) groups is 2. The topological polar surface area (TPSA) is 61.4 Å². The maximum Gasteiger partial charge on any atom is 0.230 e. The van der Waals surface area contributed by atoms with E-state index in [4.69, 9.17) is 0 Å². The van der Waals surface area contributed by atoms with Crippen LogP contribution in [0, 0.1) is 0 Å². The molecule has 1 aliphatic heterocycles. The Balaban J connectivity index is 1.67. The first-order valence-corrected chi connectivity index (χ1v) is 10.5. The van der Waals surface area contributed by atoms with E-state index >= 15 is 0 Å². The lowest BCUT2D eigenvalue weighted by Crippen LogP contribution is -2.47. The SMILES string of the molecule is CCC(=O)Nc1ccc(C2(C(=O)NCCN3CCCC3)CCCCC2)cc1. The van der Waals surface area contributed by atoms with Crippen LogP contribution >= 0.6 is 0 Å². The van der Waals surface area contributed by atoms with Gasteiger partial charge in [-0.05, 0) is 56.5 Å².